The number of urea groups is 1. The van der Waals surface area contributed by atoms with Crippen LogP contribution < -0.4 is 15.4 Å². The lowest BCUT2D eigenvalue weighted by atomic mass is 10.3. The molecule has 0 aliphatic heterocycles. The summed E-state index contributed by atoms with van der Waals surface area (Å²) in [6, 6.07) is 13.9. The van der Waals surface area contributed by atoms with E-state index in [9.17, 15) is 4.79 Å². The number of amides is 2. The summed E-state index contributed by atoms with van der Waals surface area (Å²) in [5.74, 6) is 0.635. The molecule has 0 aromatic heterocycles. The highest BCUT2D eigenvalue weighted by molar-refractivity contribution is 9.10. The number of ether oxygens (including phenoxy) is 1. The van der Waals surface area contributed by atoms with Gasteiger partial charge in [0.2, 0.25) is 0 Å². The van der Waals surface area contributed by atoms with Crippen LogP contribution in [0.3, 0.4) is 0 Å². The Hall–Kier alpha value is -1.72. The van der Waals surface area contributed by atoms with E-state index in [0.29, 0.717) is 16.5 Å². The third kappa shape index (κ3) is 4.43. The van der Waals surface area contributed by atoms with E-state index in [0.717, 1.165) is 4.47 Å². The first-order valence-corrected chi connectivity index (χ1v) is 7.00. The van der Waals surface area contributed by atoms with Gasteiger partial charge < -0.3 is 15.4 Å². The van der Waals surface area contributed by atoms with Gasteiger partial charge in [-0.25, -0.2) is 4.79 Å². The van der Waals surface area contributed by atoms with Crippen LogP contribution in [0.25, 0.3) is 0 Å². The zero-order valence-electron chi connectivity index (χ0n) is 10.4. The predicted octanol–water partition coefficient (Wildman–Crippen LogP) is 4.26. The van der Waals surface area contributed by atoms with Crippen molar-refractivity contribution in [3.63, 3.8) is 0 Å². The average molecular weight is 356 g/mol. The molecule has 0 fully saturated rings. The number of nitrogens with one attached hydrogen (secondary N) is 2. The van der Waals surface area contributed by atoms with Gasteiger partial charge in [-0.1, -0.05) is 23.7 Å². The Morgan fingerprint density at radius 2 is 1.85 bits per heavy atom. The third-order valence-electron chi connectivity index (χ3n) is 2.41. The van der Waals surface area contributed by atoms with E-state index in [1.807, 2.05) is 18.2 Å². The first kappa shape index (κ1) is 14.7. The molecule has 4 nitrogen and oxygen atoms in total. The molecule has 0 heterocycles. The summed E-state index contributed by atoms with van der Waals surface area (Å²) >= 11 is 9.11. The van der Waals surface area contributed by atoms with Crippen molar-refractivity contribution in [2.24, 2.45) is 0 Å². The Kier molecular flexibility index (Phi) is 5.26. The number of benzene rings is 2. The monoisotopic (exact) mass is 354 g/mol. The van der Waals surface area contributed by atoms with Crippen LogP contribution in [-0.2, 0) is 0 Å². The third-order valence-corrected chi connectivity index (χ3v) is 3.35. The van der Waals surface area contributed by atoms with Crippen LogP contribution in [0.1, 0.15) is 0 Å². The Morgan fingerprint density at radius 3 is 2.55 bits per heavy atom. The van der Waals surface area contributed by atoms with Crippen LogP contribution in [0.15, 0.2) is 53.0 Å². The number of carbonyl (C=O) groups is 1. The van der Waals surface area contributed by atoms with E-state index in [1.165, 1.54) is 0 Å². The fourth-order valence-corrected chi connectivity index (χ4v) is 1.95. The molecule has 104 valence electrons. The fraction of sp³-hybridized carbons (Fsp3) is 0.0714. The maximum atomic E-state index is 11.7. The van der Waals surface area contributed by atoms with Gasteiger partial charge in [-0.3, -0.25) is 0 Å². The summed E-state index contributed by atoms with van der Waals surface area (Å²) in [5.41, 5.74) is 0.691. The predicted molar refractivity (Wildman–Crippen MR) is 83.2 cm³/mol. The number of carbonyl (C=O) groups excluding carboxylic acids is 1. The summed E-state index contributed by atoms with van der Waals surface area (Å²) in [6.07, 6.45) is 0. The molecule has 0 bridgehead atoms. The van der Waals surface area contributed by atoms with E-state index in [1.54, 1.807) is 30.3 Å². The largest absolute Gasteiger partial charge is 0.473 e. The van der Waals surface area contributed by atoms with Gasteiger partial charge in [0.1, 0.15) is 5.75 Å². The van der Waals surface area contributed by atoms with Gasteiger partial charge in [0.25, 0.3) is 0 Å². The van der Waals surface area contributed by atoms with Crippen molar-refractivity contribution in [3.05, 3.63) is 58.0 Å². The second-order valence-corrected chi connectivity index (χ2v) is 5.14. The minimum absolute atomic E-state index is 0.0674. The topological polar surface area (TPSA) is 50.4 Å². The number of anilines is 1. The summed E-state index contributed by atoms with van der Waals surface area (Å²) < 4.78 is 6.17. The molecular weight excluding hydrogens is 344 g/mol. The Balaban J connectivity index is 1.78. The molecule has 0 radical (unpaired) electrons. The Bertz CT molecular complexity index is 590. The van der Waals surface area contributed by atoms with Crippen LogP contribution in [0, 0.1) is 0 Å². The lowest BCUT2D eigenvalue weighted by Gasteiger charge is -2.10. The molecule has 2 amide bonds. The molecule has 0 saturated heterocycles. The van der Waals surface area contributed by atoms with E-state index < -0.39 is 0 Å². The van der Waals surface area contributed by atoms with Crippen LogP contribution in [-0.4, -0.2) is 12.8 Å². The zero-order valence-corrected chi connectivity index (χ0v) is 12.7. The zero-order chi connectivity index (χ0) is 14.4. The van der Waals surface area contributed by atoms with Gasteiger partial charge in [-0.2, -0.15) is 0 Å². The SMILES string of the molecule is O=C(NCOc1ccc(Cl)cc1)Nc1ccccc1Br. The highest BCUT2D eigenvalue weighted by atomic mass is 79.9. The number of hydrogen-bond acceptors (Lipinski definition) is 2. The van der Waals surface area contributed by atoms with Gasteiger partial charge in [-0.05, 0) is 52.3 Å². The highest BCUT2D eigenvalue weighted by Gasteiger charge is 2.04. The summed E-state index contributed by atoms with van der Waals surface area (Å²) in [4.78, 5) is 11.7. The van der Waals surface area contributed by atoms with Gasteiger partial charge in [0.15, 0.2) is 6.73 Å². The van der Waals surface area contributed by atoms with Crippen LogP contribution in [0.4, 0.5) is 10.5 Å². The number of hydrogen-bond donors (Lipinski definition) is 2. The van der Waals surface area contributed by atoms with Gasteiger partial charge in [0.05, 0.1) is 5.69 Å². The van der Waals surface area contributed by atoms with Gasteiger partial charge in [0, 0.05) is 9.50 Å². The minimum Gasteiger partial charge on any atom is -0.473 e. The minimum atomic E-state index is -0.342. The molecule has 2 N–H and O–H groups in total. The molecule has 2 rings (SSSR count). The molecule has 0 spiro atoms. The van der Waals surface area contributed by atoms with E-state index >= 15 is 0 Å². The second kappa shape index (κ2) is 7.17. The molecular formula is C14H12BrClN2O2. The molecule has 2 aromatic carbocycles. The molecule has 0 saturated carbocycles. The second-order valence-electron chi connectivity index (χ2n) is 3.85. The van der Waals surface area contributed by atoms with Crippen molar-refractivity contribution in [2.75, 3.05) is 12.0 Å². The van der Waals surface area contributed by atoms with E-state index in [-0.39, 0.29) is 12.8 Å². The first-order valence-electron chi connectivity index (χ1n) is 5.83. The quantitative estimate of drug-likeness (QED) is 0.805. The van der Waals surface area contributed by atoms with E-state index in [4.69, 9.17) is 16.3 Å². The van der Waals surface area contributed by atoms with Crippen molar-refractivity contribution in [1.82, 2.24) is 5.32 Å². The molecule has 20 heavy (non-hydrogen) atoms. The first-order chi connectivity index (χ1) is 9.65. The van der Waals surface area contributed by atoms with Crippen molar-refractivity contribution >= 4 is 39.2 Å². The Labute approximate surface area is 130 Å². The van der Waals surface area contributed by atoms with Crippen LogP contribution >= 0.6 is 27.5 Å². The van der Waals surface area contributed by atoms with Gasteiger partial charge in [-0.15, -0.1) is 0 Å². The maximum Gasteiger partial charge on any atom is 0.321 e. The maximum absolute atomic E-state index is 11.7. The smallest absolute Gasteiger partial charge is 0.321 e. The van der Waals surface area contributed by atoms with Crippen LogP contribution in [0.2, 0.25) is 5.02 Å². The average Bonchev–Trinajstić information content (AvgIpc) is 2.44. The summed E-state index contributed by atoms with van der Waals surface area (Å²) in [5, 5.41) is 5.94. The van der Waals surface area contributed by atoms with Crippen molar-refractivity contribution in [2.45, 2.75) is 0 Å². The van der Waals surface area contributed by atoms with Crippen molar-refractivity contribution < 1.29 is 9.53 Å². The molecule has 2 aromatic rings. The normalized spacial score (nSPS) is 9.90. The number of halogens is 2. The van der Waals surface area contributed by atoms with Crippen molar-refractivity contribution in [3.8, 4) is 5.75 Å². The number of para-hydroxylation sites is 1. The summed E-state index contributed by atoms with van der Waals surface area (Å²) in [6.45, 7) is 0.0674. The van der Waals surface area contributed by atoms with Crippen molar-refractivity contribution in [1.29, 1.82) is 0 Å². The molecule has 0 aliphatic rings. The highest BCUT2D eigenvalue weighted by Crippen LogP contribution is 2.20. The molecule has 0 unspecified atom stereocenters. The van der Waals surface area contributed by atoms with E-state index in [2.05, 4.69) is 26.6 Å². The molecule has 6 heteroatoms. The lowest BCUT2D eigenvalue weighted by Crippen LogP contribution is -2.32. The number of rotatable bonds is 4. The van der Waals surface area contributed by atoms with Gasteiger partial charge >= 0.3 is 6.03 Å². The lowest BCUT2D eigenvalue weighted by molar-refractivity contribution is 0.234. The fourth-order valence-electron chi connectivity index (χ4n) is 1.44. The standard InChI is InChI=1S/C14H12BrClN2O2/c15-12-3-1-2-4-13(12)18-14(19)17-9-20-11-7-5-10(16)6-8-11/h1-8H,9H2,(H2,17,18,19). The molecule has 0 atom stereocenters. The van der Waals surface area contributed by atoms with Crippen LogP contribution in [0.5, 0.6) is 5.75 Å². The molecule has 0 aliphatic carbocycles. The summed E-state index contributed by atoms with van der Waals surface area (Å²) in [7, 11) is 0. The Morgan fingerprint density at radius 1 is 1.15 bits per heavy atom.